The zero-order valence-corrected chi connectivity index (χ0v) is 15.7. The topological polar surface area (TPSA) is 117 Å². The molecule has 0 amide bonds. The molecule has 0 spiro atoms. The van der Waals surface area contributed by atoms with Gasteiger partial charge in [0.25, 0.3) is 0 Å². The summed E-state index contributed by atoms with van der Waals surface area (Å²) in [6, 6.07) is 7.34. The van der Waals surface area contributed by atoms with Gasteiger partial charge in [-0.3, -0.25) is 10.4 Å². The lowest BCUT2D eigenvalue weighted by Gasteiger charge is -2.17. The van der Waals surface area contributed by atoms with Gasteiger partial charge in [-0.2, -0.15) is 0 Å². The zero-order valence-electron chi connectivity index (χ0n) is 15.7. The van der Waals surface area contributed by atoms with Crippen molar-refractivity contribution < 1.29 is 0 Å². The third-order valence-corrected chi connectivity index (χ3v) is 4.76. The van der Waals surface area contributed by atoms with Crippen molar-refractivity contribution in [1.29, 1.82) is 5.41 Å². The van der Waals surface area contributed by atoms with Crippen LogP contribution in [-0.2, 0) is 0 Å². The molecule has 1 aromatic heterocycles. The van der Waals surface area contributed by atoms with Crippen LogP contribution in [0, 0.1) is 11.3 Å². The van der Waals surface area contributed by atoms with Gasteiger partial charge in [-0.15, -0.1) is 0 Å². The number of rotatable bonds is 5. The van der Waals surface area contributed by atoms with Gasteiger partial charge >= 0.3 is 0 Å². The lowest BCUT2D eigenvalue weighted by Crippen LogP contribution is -2.21. The first-order chi connectivity index (χ1) is 13.0. The highest BCUT2D eigenvalue weighted by molar-refractivity contribution is 6.15. The van der Waals surface area contributed by atoms with Crippen LogP contribution >= 0.6 is 0 Å². The highest BCUT2D eigenvalue weighted by Crippen LogP contribution is 2.25. The van der Waals surface area contributed by atoms with Crippen molar-refractivity contribution in [3.05, 3.63) is 53.6 Å². The van der Waals surface area contributed by atoms with Crippen molar-refractivity contribution in [2.75, 3.05) is 30.8 Å². The van der Waals surface area contributed by atoms with Crippen LogP contribution in [0.25, 0.3) is 5.57 Å². The Bertz CT molecular complexity index is 901. The van der Waals surface area contributed by atoms with E-state index in [2.05, 4.69) is 26.8 Å². The molecule has 0 saturated carbocycles. The predicted octanol–water partition coefficient (Wildman–Crippen LogP) is 2.32. The van der Waals surface area contributed by atoms with E-state index < -0.39 is 0 Å². The summed E-state index contributed by atoms with van der Waals surface area (Å²) in [6.07, 6.45) is 5.83. The molecule has 1 aliphatic heterocycles. The molecule has 0 bridgehead atoms. The fourth-order valence-electron chi connectivity index (χ4n) is 3.24. The van der Waals surface area contributed by atoms with Crippen molar-refractivity contribution in [1.82, 2.24) is 9.97 Å². The van der Waals surface area contributed by atoms with E-state index in [-0.39, 0.29) is 5.71 Å². The van der Waals surface area contributed by atoms with Crippen molar-refractivity contribution in [3.63, 3.8) is 0 Å². The third kappa shape index (κ3) is 3.97. The monoisotopic (exact) mass is 363 g/mol. The highest BCUT2D eigenvalue weighted by Gasteiger charge is 2.21. The molecule has 140 valence electrons. The molecule has 5 N–H and O–H groups in total. The van der Waals surface area contributed by atoms with Gasteiger partial charge in [0.15, 0.2) is 0 Å². The molecule has 0 aliphatic carbocycles. The smallest absolute Gasteiger partial charge is 0.132 e. The number of nitrogen functional groups attached to an aromatic ring is 1. The van der Waals surface area contributed by atoms with Crippen LogP contribution in [0.15, 0.2) is 41.8 Å². The lowest BCUT2D eigenvalue weighted by atomic mass is 9.98. The third-order valence-electron chi connectivity index (χ3n) is 4.76. The molecule has 2 aromatic rings. The van der Waals surface area contributed by atoms with Gasteiger partial charge in [0.2, 0.25) is 0 Å². The largest absolute Gasteiger partial charge is 0.404 e. The summed E-state index contributed by atoms with van der Waals surface area (Å²) < 4.78 is 0. The number of hydrogen-bond donors (Lipinski definition) is 3. The van der Waals surface area contributed by atoms with Gasteiger partial charge in [0.1, 0.15) is 12.1 Å². The Kier molecular flexibility index (Phi) is 5.49. The number of anilines is 2. The van der Waals surface area contributed by atoms with E-state index in [1.54, 1.807) is 19.3 Å². The Labute approximate surface area is 159 Å². The minimum atomic E-state index is 0.259. The predicted molar refractivity (Wildman–Crippen MR) is 111 cm³/mol. The van der Waals surface area contributed by atoms with E-state index in [1.807, 2.05) is 18.2 Å². The number of aliphatic imine (C=N–C) groups is 1. The summed E-state index contributed by atoms with van der Waals surface area (Å²) in [5, 5.41) is 8.64. The second-order valence-electron chi connectivity index (χ2n) is 6.79. The van der Waals surface area contributed by atoms with Crippen molar-refractivity contribution in [2.45, 2.75) is 13.3 Å². The molecule has 0 unspecified atom stereocenters. The summed E-state index contributed by atoms with van der Waals surface area (Å²) in [5.41, 5.74) is 15.4. The summed E-state index contributed by atoms with van der Waals surface area (Å²) >= 11 is 0. The number of nitrogens with one attached hydrogen (secondary N) is 1. The SMILES string of the molecule is CN=CC(=CN)c1ccc(N)c(C(=N)c2cc(N3CC[C@H](C)C3)ncn2)c1. The maximum Gasteiger partial charge on any atom is 0.132 e. The molecule has 2 heterocycles. The lowest BCUT2D eigenvalue weighted by molar-refractivity contribution is 0.659. The minimum absolute atomic E-state index is 0.259. The second kappa shape index (κ2) is 7.99. The number of benzene rings is 1. The number of nitrogens with two attached hydrogens (primary N) is 2. The van der Waals surface area contributed by atoms with Crippen LogP contribution in [0.1, 0.15) is 30.2 Å². The Morgan fingerprint density at radius 1 is 1.33 bits per heavy atom. The number of nitrogens with zero attached hydrogens (tertiary/aromatic N) is 4. The normalized spacial score (nSPS) is 17.6. The van der Waals surface area contributed by atoms with Crippen LogP contribution in [0.3, 0.4) is 0 Å². The molecule has 27 heavy (non-hydrogen) atoms. The van der Waals surface area contributed by atoms with E-state index in [0.717, 1.165) is 36.5 Å². The number of allylic oxidation sites excluding steroid dienone is 1. The van der Waals surface area contributed by atoms with Gasteiger partial charge in [-0.25, -0.2) is 9.97 Å². The molecular weight excluding hydrogens is 338 g/mol. The Hall–Kier alpha value is -3.22. The molecule has 1 aromatic carbocycles. The second-order valence-corrected chi connectivity index (χ2v) is 6.79. The molecule has 3 rings (SSSR count). The molecular formula is C20H25N7. The van der Waals surface area contributed by atoms with E-state index >= 15 is 0 Å². The fourth-order valence-corrected chi connectivity index (χ4v) is 3.24. The number of hydrogen-bond acceptors (Lipinski definition) is 7. The Morgan fingerprint density at radius 3 is 2.81 bits per heavy atom. The van der Waals surface area contributed by atoms with E-state index in [9.17, 15) is 0 Å². The molecule has 1 fully saturated rings. The van der Waals surface area contributed by atoms with Gasteiger partial charge in [0, 0.05) is 55.4 Å². The summed E-state index contributed by atoms with van der Waals surface area (Å²) in [4.78, 5) is 14.9. The molecule has 0 radical (unpaired) electrons. The maximum atomic E-state index is 8.64. The van der Waals surface area contributed by atoms with Crippen LogP contribution < -0.4 is 16.4 Å². The average Bonchev–Trinajstić information content (AvgIpc) is 3.12. The first-order valence-corrected chi connectivity index (χ1v) is 8.93. The van der Waals surface area contributed by atoms with Crippen molar-refractivity contribution in [2.24, 2.45) is 16.6 Å². The molecule has 1 saturated heterocycles. The van der Waals surface area contributed by atoms with Gasteiger partial charge in [-0.1, -0.05) is 13.0 Å². The molecule has 7 nitrogen and oxygen atoms in total. The van der Waals surface area contributed by atoms with E-state index in [4.69, 9.17) is 16.9 Å². The fraction of sp³-hybridized carbons (Fsp3) is 0.300. The summed E-state index contributed by atoms with van der Waals surface area (Å²) in [5.74, 6) is 1.50. The highest BCUT2D eigenvalue weighted by atomic mass is 15.2. The van der Waals surface area contributed by atoms with E-state index in [1.165, 1.54) is 12.5 Å². The zero-order chi connectivity index (χ0) is 19.4. The summed E-state index contributed by atoms with van der Waals surface area (Å²) in [7, 11) is 1.69. The first kappa shape index (κ1) is 18.6. The van der Waals surface area contributed by atoms with Crippen LogP contribution in [0.2, 0.25) is 0 Å². The quantitative estimate of drug-likeness (QED) is 0.557. The Balaban J connectivity index is 1.94. The molecule has 7 heteroatoms. The molecule has 1 atom stereocenters. The van der Waals surface area contributed by atoms with E-state index in [0.29, 0.717) is 22.9 Å². The summed E-state index contributed by atoms with van der Waals surface area (Å²) in [6.45, 7) is 4.19. The standard InChI is InChI=1S/C20H25N7/c1-13-5-6-27(11-13)19-8-18(25-12-26-19)20(23)16-7-14(3-4-17(16)22)15(9-21)10-24-2/h3-4,7-10,12-13,23H,5-6,11,21-22H2,1-2H3/t13-/m0/s1. The van der Waals surface area contributed by atoms with Crippen molar-refractivity contribution in [3.8, 4) is 0 Å². The maximum absolute atomic E-state index is 8.64. The van der Waals surface area contributed by atoms with Gasteiger partial charge in [-0.05, 0) is 30.0 Å². The van der Waals surface area contributed by atoms with Crippen LogP contribution in [-0.4, -0.2) is 42.0 Å². The van der Waals surface area contributed by atoms with Crippen LogP contribution in [0.5, 0.6) is 0 Å². The Morgan fingerprint density at radius 2 is 2.15 bits per heavy atom. The molecule has 1 aliphatic rings. The van der Waals surface area contributed by atoms with Gasteiger partial charge in [0.05, 0.1) is 11.4 Å². The average molecular weight is 363 g/mol. The minimum Gasteiger partial charge on any atom is -0.404 e. The first-order valence-electron chi connectivity index (χ1n) is 8.93. The number of aromatic nitrogens is 2. The van der Waals surface area contributed by atoms with Crippen LogP contribution in [0.4, 0.5) is 11.5 Å². The van der Waals surface area contributed by atoms with Gasteiger partial charge < -0.3 is 16.4 Å². The van der Waals surface area contributed by atoms with Crippen molar-refractivity contribution >= 4 is 29.0 Å².